The summed E-state index contributed by atoms with van der Waals surface area (Å²) in [5, 5.41) is 21.8. The fourth-order valence-electron chi connectivity index (χ4n) is 2.70. The zero-order chi connectivity index (χ0) is 15.1. The highest BCUT2D eigenvalue weighted by Crippen LogP contribution is 2.39. The third kappa shape index (κ3) is 2.08. The highest BCUT2D eigenvalue weighted by atomic mass is 16.6. The summed E-state index contributed by atoms with van der Waals surface area (Å²) >= 11 is 0. The number of hydrogen-bond donors (Lipinski definition) is 1. The second-order valence-electron chi connectivity index (χ2n) is 4.92. The van der Waals surface area contributed by atoms with Crippen molar-refractivity contribution in [1.29, 1.82) is 0 Å². The van der Waals surface area contributed by atoms with Gasteiger partial charge in [0.15, 0.2) is 0 Å². The molecule has 2 N–H and O–H groups in total. The third-order valence-electron chi connectivity index (χ3n) is 3.70. The van der Waals surface area contributed by atoms with E-state index >= 15 is 0 Å². The molecule has 0 aliphatic heterocycles. The maximum atomic E-state index is 11.0. The fourth-order valence-corrected chi connectivity index (χ4v) is 2.70. The lowest BCUT2D eigenvalue weighted by Crippen LogP contribution is -2.07. The second kappa shape index (κ2) is 4.55. The number of non-ortho nitro benzene ring substituents is 1. The Kier molecular flexibility index (Phi) is 2.83. The summed E-state index contributed by atoms with van der Waals surface area (Å²) < 4.78 is 0. The van der Waals surface area contributed by atoms with Crippen LogP contribution in [-0.4, -0.2) is 9.85 Å². The van der Waals surface area contributed by atoms with Crippen LogP contribution in [0.5, 0.6) is 0 Å². The first-order valence-electron chi connectivity index (χ1n) is 6.32. The quantitative estimate of drug-likeness (QED) is 0.518. The van der Waals surface area contributed by atoms with Gasteiger partial charge < -0.3 is 5.73 Å². The molecule has 0 amide bonds. The van der Waals surface area contributed by atoms with E-state index in [2.05, 4.69) is 0 Å². The van der Waals surface area contributed by atoms with E-state index in [0.29, 0.717) is 12.8 Å². The summed E-state index contributed by atoms with van der Waals surface area (Å²) in [4.78, 5) is 20.9. The zero-order valence-corrected chi connectivity index (χ0v) is 10.9. The van der Waals surface area contributed by atoms with Gasteiger partial charge in [0.05, 0.1) is 9.85 Å². The second-order valence-corrected chi connectivity index (χ2v) is 4.92. The Bertz CT molecular complexity index is 786. The topological polar surface area (TPSA) is 112 Å². The minimum absolute atomic E-state index is 0.0298. The number of rotatable bonds is 2. The molecule has 0 unspecified atom stereocenters. The van der Waals surface area contributed by atoms with Crippen LogP contribution < -0.4 is 5.73 Å². The summed E-state index contributed by atoms with van der Waals surface area (Å²) in [6.45, 7) is 0. The van der Waals surface area contributed by atoms with Crippen molar-refractivity contribution in [2.45, 2.75) is 12.8 Å². The molecular weight excluding hydrogens is 274 g/mol. The summed E-state index contributed by atoms with van der Waals surface area (Å²) in [5.74, 6) is 0. The largest absolute Gasteiger partial charge is 0.393 e. The molecule has 0 bridgehead atoms. The molecule has 0 saturated carbocycles. The van der Waals surface area contributed by atoms with Crippen molar-refractivity contribution in [3.05, 3.63) is 61.7 Å². The van der Waals surface area contributed by atoms with E-state index in [0.717, 1.165) is 22.3 Å². The predicted molar refractivity (Wildman–Crippen MR) is 77.0 cm³/mol. The van der Waals surface area contributed by atoms with Crippen LogP contribution >= 0.6 is 0 Å². The van der Waals surface area contributed by atoms with E-state index < -0.39 is 9.85 Å². The fraction of sp³-hybridized carbons (Fsp3) is 0.143. The lowest BCUT2D eigenvalue weighted by atomic mass is 9.85. The van der Waals surface area contributed by atoms with E-state index in [1.807, 2.05) is 0 Å². The smallest absolute Gasteiger partial charge is 0.292 e. The Morgan fingerprint density at radius 3 is 2.19 bits per heavy atom. The molecule has 1 aliphatic carbocycles. The van der Waals surface area contributed by atoms with Crippen LogP contribution in [0.1, 0.15) is 11.1 Å². The molecule has 0 atom stereocenters. The minimum atomic E-state index is -0.519. The molecule has 7 heteroatoms. The normalized spacial score (nSPS) is 12.4. The van der Waals surface area contributed by atoms with Gasteiger partial charge in [-0.3, -0.25) is 20.2 Å². The van der Waals surface area contributed by atoms with Crippen LogP contribution in [0.25, 0.3) is 11.1 Å². The average molecular weight is 285 g/mol. The Balaban J connectivity index is 2.20. The van der Waals surface area contributed by atoms with Gasteiger partial charge in [0.25, 0.3) is 11.4 Å². The van der Waals surface area contributed by atoms with Crippen LogP contribution in [0.4, 0.5) is 17.1 Å². The minimum Gasteiger partial charge on any atom is -0.393 e. The molecule has 7 nitrogen and oxygen atoms in total. The maximum absolute atomic E-state index is 11.0. The highest BCUT2D eigenvalue weighted by Gasteiger charge is 2.23. The van der Waals surface area contributed by atoms with Gasteiger partial charge in [-0.25, -0.2) is 0 Å². The van der Waals surface area contributed by atoms with Gasteiger partial charge in [0, 0.05) is 18.2 Å². The van der Waals surface area contributed by atoms with Gasteiger partial charge in [0.1, 0.15) is 5.69 Å². The van der Waals surface area contributed by atoms with Crippen LogP contribution in [-0.2, 0) is 12.8 Å². The van der Waals surface area contributed by atoms with Gasteiger partial charge in [-0.2, -0.15) is 0 Å². The Hall–Kier alpha value is -2.96. The van der Waals surface area contributed by atoms with Crippen molar-refractivity contribution in [1.82, 2.24) is 0 Å². The first-order chi connectivity index (χ1) is 9.97. The molecule has 0 radical (unpaired) electrons. The van der Waals surface area contributed by atoms with Crippen LogP contribution in [0, 0.1) is 20.2 Å². The number of nitro benzene ring substituents is 2. The van der Waals surface area contributed by atoms with E-state index in [-0.39, 0.29) is 17.1 Å². The van der Waals surface area contributed by atoms with Crippen LogP contribution in [0.2, 0.25) is 0 Å². The van der Waals surface area contributed by atoms with Crippen molar-refractivity contribution < 1.29 is 9.85 Å². The van der Waals surface area contributed by atoms with Gasteiger partial charge in [-0.1, -0.05) is 0 Å². The lowest BCUT2D eigenvalue weighted by Gasteiger charge is -2.19. The molecule has 2 aromatic rings. The zero-order valence-electron chi connectivity index (χ0n) is 10.9. The van der Waals surface area contributed by atoms with E-state index in [1.54, 1.807) is 12.1 Å². The van der Waals surface area contributed by atoms with Crippen LogP contribution in [0.3, 0.4) is 0 Å². The molecule has 0 fully saturated rings. The number of hydrogen-bond acceptors (Lipinski definition) is 5. The summed E-state index contributed by atoms with van der Waals surface area (Å²) in [5.41, 5.74) is 9.02. The monoisotopic (exact) mass is 285 g/mol. The lowest BCUT2D eigenvalue weighted by molar-refractivity contribution is -0.384. The number of nitrogen functional groups attached to an aromatic ring is 1. The van der Waals surface area contributed by atoms with Crippen molar-refractivity contribution >= 4 is 17.1 Å². The van der Waals surface area contributed by atoms with Crippen molar-refractivity contribution in [2.75, 3.05) is 5.73 Å². The first kappa shape index (κ1) is 13.0. The molecule has 21 heavy (non-hydrogen) atoms. The molecule has 0 saturated heterocycles. The summed E-state index contributed by atoms with van der Waals surface area (Å²) in [6.07, 6.45) is 1.31. The highest BCUT2D eigenvalue weighted by molar-refractivity contribution is 5.80. The summed E-state index contributed by atoms with van der Waals surface area (Å²) in [7, 11) is 0. The van der Waals surface area contributed by atoms with Gasteiger partial charge >= 0.3 is 0 Å². The van der Waals surface area contributed by atoms with E-state index in [4.69, 9.17) is 5.73 Å². The van der Waals surface area contributed by atoms with Crippen LogP contribution in [0.15, 0.2) is 30.3 Å². The molecule has 106 valence electrons. The number of nitro groups is 2. The number of fused-ring (bicyclic) bond motifs is 3. The Labute approximate surface area is 119 Å². The van der Waals surface area contributed by atoms with Gasteiger partial charge in [-0.15, -0.1) is 0 Å². The standard InChI is InChI=1S/C14H11N3O4/c15-13-6-9-2-1-8-5-10(16(18)19)3-4-11(8)12(9)7-14(13)17(20)21/h3-7H,1-2,15H2. The average Bonchev–Trinajstić information content (AvgIpc) is 2.45. The SMILES string of the molecule is Nc1cc2c(cc1[N+](=O)[O-])-c1ccc([N+](=O)[O-])cc1CC2. The Morgan fingerprint density at radius 1 is 0.905 bits per heavy atom. The van der Waals surface area contributed by atoms with E-state index in [9.17, 15) is 20.2 Å². The number of anilines is 1. The number of nitrogens with zero attached hydrogens (tertiary/aromatic N) is 2. The predicted octanol–water partition coefficient (Wildman–Crippen LogP) is 2.85. The molecule has 0 heterocycles. The van der Waals surface area contributed by atoms with Crippen molar-refractivity contribution in [3.63, 3.8) is 0 Å². The maximum Gasteiger partial charge on any atom is 0.292 e. The molecule has 1 aliphatic rings. The Morgan fingerprint density at radius 2 is 1.57 bits per heavy atom. The molecular formula is C14H11N3O4. The first-order valence-corrected chi connectivity index (χ1v) is 6.32. The third-order valence-corrected chi connectivity index (χ3v) is 3.70. The van der Waals surface area contributed by atoms with Gasteiger partial charge in [0.2, 0.25) is 0 Å². The van der Waals surface area contributed by atoms with E-state index in [1.165, 1.54) is 18.2 Å². The number of nitrogens with two attached hydrogens (primary N) is 1. The summed E-state index contributed by atoms with van der Waals surface area (Å²) in [6, 6.07) is 7.66. The molecule has 3 rings (SSSR count). The molecule has 0 aromatic heterocycles. The molecule has 0 spiro atoms. The van der Waals surface area contributed by atoms with Gasteiger partial charge in [-0.05, 0) is 47.2 Å². The number of aryl methyl sites for hydroxylation is 2. The van der Waals surface area contributed by atoms with Crippen molar-refractivity contribution in [3.8, 4) is 11.1 Å². The van der Waals surface area contributed by atoms with Crippen molar-refractivity contribution in [2.24, 2.45) is 0 Å². The number of benzene rings is 2. The molecule has 2 aromatic carbocycles.